The van der Waals surface area contributed by atoms with Gasteiger partial charge in [-0.2, -0.15) is 0 Å². The molecule has 0 saturated heterocycles. The Hall–Kier alpha value is -0.860. The van der Waals surface area contributed by atoms with Gasteiger partial charge < -0.3 is 9.84 Å². The molecule has 0 amide bonds. The van der Waals surface area contributed by atoms with Gasteiger partial charge >= 0.3 is 0 Å². The summed E-state index contributed by atoms with van der Waals surface area (Å²) in [5.41, 5.74) is 0.908. The van der Waals surface area contributed by atoms with Crippen molar-refractivity contribution < 1.29 is 9.84 Å². The number of hydrogen-bond acceptors (Lipinski definition) is 2. The van der Waals surface area contributed by atoms with Crippen molar-refractivity contribution in [3.05, 3.63) is 35.9 Å². The van der Waals surface area contributed by atoms with Gasteiger partial charge in [-0.3, -0.25) is 0 Å². The molecule has 0 spiro atoms. The first-order chi connectivity index (χ1) is 5.84. The normalized spacial score (nSPS) is 12.8. The molecule has 2 nitrogen and oxygen atoms in total. The molecule has 1 N–H and O–H groups in total. The summed E-state index contributed by atoms with van der Waals surface area (Å²) in [4.78, 5) is 0. The third-order valence-electron chi connectivity index (χ3n) is 1.66. The van der Waals surface area contributed by atoms with E-state index in [-0.39, 0.29) is 0 Å². The van der Waals surface area contributed by atoms with Crippen molar-refractivity contribution in [3.63, 3.8) is 0 Å². The largest absolute Gasteiger partial charge is 0.386 e. The van der Waals surface area contributed by atoms with Gasteiger partial charge in [0.1, 0.15) is 6.10 Å². The third-order valence-corrected chi connectivity index (χ3v) is 1.66. The summed E-state index contributed by atoms with van der Waals surface area (Å²) in [6.07, 6.45) is -0.494. The standard InChI is InChI=1S/C10H14O2/c1-2-12-8-10(11)9-6-4-3-5-7-9/h3-7,10-11H,2,8H2,1H3/t10-/m1/s1. The zero-order valence-electron chi connectivity index (χ0n) is 7.23. The molecule has 1 atom stereocenters. The Morgan fingerprint density at radius 1 is 1.33 bits per heavy atom. The molecule has 0 fully saturated rings. The Morgan fingerprint density at radius 3 is 2.58 bits per heavy atom. The SMILES string of the molecule is CCOC[C@@H](O)c1ccccc1. The fourth-order valence-electron chi connectivity index (χ4n) is 1.00. The van der Waals surface area contributed by atoms with Crippen molar-refractivity contribution in [2.75, 3.05) is 13.2 Å². The van der Waals surface area contributed by atoms with E-state index in [1.165, 1.54) is 0 Å². The highest BCUT2D eigenvalue weighted by Gasteiger charge is 2.04. The van der Waals surface area contributed by atoms with Crippen LogP contribution in [-0.2, 0) is 4.74 Å². The van der Waals surface area contributed by atoms with E-state index in [4.69, 9.17) is 4.74 Å². The number of ether oxygens (including phenoxy) is 1. The van der Waals surface area contributed by atoms with Crippen LogP contribution >= 0.6 is 0 Å². The predicted molar refractivity (Wildman–Crippen MR) is 47.9 cm³/mol. The highest BCUT2D eigenvalue weighted by molar-refractivity contribution is 5.17. The van der Waals surface area contributed by atoms with Crippen molar-refractivity contribution in [2.24, 2.45) is 0 Å². The molecule has 0 aliphatic carbocycles. The van der Waals surface area contributed by atoms with E-state index in [2.05, 4.69) is 0 Å². The molecular weight excluding hydrogens is 152 g/mol. The minimum Gasteiger partial charge on any atom is -0.386 e. The van der Waals surface area contributed by atoms with Crippen LogP contribution in [0.15, 0.2) is 30.3 Å². The van der Waals surface area contributed by atoms with Crippen molar-refractivity contribution in [3.8, 4) is 0 Å². The van der Waals surface area contributed by atoms with Gasteiger partial charge in [-0.15, -0.1) is 0 Å². The minimum atomic E-state index is -0.494. The second-order valence-corrected chi connectivity index (χ2v) is 2.59. The summed E-state index contributed by atoms with van der Waals surface area (Å²) in [6, 6.07) is 9.53. The third kappa shape index (κ3) is 2.64. The summed E-state index contributed by atoms with van der Waals surface area (Å²) >= 11 is 0. The van der Waals surface area contributed by atoms with Crippen molar-refractivity contribution in [1.29, 1.82) is 0 Å². The highest BCUT2D eigenvalue weighted by Crippen LogP contribution is 2.11. The number of rotatable bonds is 4. The van der Waals surface area contributed by atoms with E-state index < -0.39 is 6.10 Å². The molecule has 1 aromatic carbocycles. The quantitative estimate of drug-likeness (QED) is 0.738. The molecule has 0 saturated carbocycles. The Bertz CT molecular complexity index is 208. The van der Waals surface area contributed by atoms with E-state index in [1.54, 1.807) is 0 Å². The second kappa shape index (κ2) is 4.91. The lowest BCUT2D eigenvalue weighted by atomic mass is 10.1. The van der Waals surface area contributed by atoms with Gasteiger partial charge in [0.05, 0.1) is 6.61 Å². The second-order valence-electron chi connectivity index (χ2n) is 2.59. The van der Waals surface area contributed by atoms with Crippen LogP contribution in [0.5, 0.6) is 0 Å². The summed E-state index contributed by atoms with van der Waals surface area (Å²) < 4.78 is 5.10. The number of aliphatic hydroxyl groups is 1. The van der Waals surface area contributed by atoms with Gasteiger partial charge in [0.15, 0.2) is 0 Å². The molecule has 0 aliphatic heterocycles. The molecule has 1 aromatic rings. The summed E-state index contributed by atoms with van der Waals surface area (Å²) in [5, 5.41) is 9.53. The van der Waals surface area contributed by atoms with Crippen LogP contribution in [0.2, 0.25) is 0 Å². The monoisotopic (exact) mass is 166 g/mol. The molecule has 0 bridgehead atoms. The van der Waals surface area contributed by atoms with E-state index in [9.17, 15) is 5.11 Å². The topological polar surface area (TPSA) is 29.5 Å². The first kappa shape index (κ1) is 9.23. The number of aliphatic hydroxyl groups excluding tert-OH is 1. The lowest BCUT2D eigenvalue weighted by molar-refractivity contribution is 0.0420. The van der Waals surface area contributed by atoms with Crippen LogP contribution in [-0.4, -0.2) is 18.3 Å². The van der Waals surface area contributed by atoms with Crippen molar-refractivity contribution in [1.82, 2.24) is 0 Å². The number of benzene rings is 1. The van der Waals surface area contributed by atoms with Crippen LogP contribution in [0.25, 0.3) is 0 Å². The Morgan fingerprint density at radius 2 is 2.00 bits per heavy atom. The van der Waals surface area contributed by atoms with Gasteiger partial charge in [-0.25, -0.2) is 0 Å². The molecular formula is C10H14O2. The lowest BCUT2D eigenvalue weighted by Gasteiger charge is -2.09. The molecule has 0 heterocycles. The van der Waals surface area contributed by atoms with Gasteiger partial charge in [0, 0.05) is 6.61 Å². The summed E-state index contributed by atoms with van der Waals surface area (Å²) in [6.45, 7) is 2.93. The molecule has 0 radical (unpaired) electrons. The van der Waals surface area contributed by atoms with E-state index in [0.717, 1.165) is 5.56 Å². The van der Waals surface area contributed by atoms with Crippen LogP contribution < -0.4 is 0 Å². The van der Waals surface area contributed by atoms with E-state index >= 15 is 0 Å². The van der Waals surface area contributed by atoms with Crippen LogP contribution in [0.4, 0.5) is 0 Å². The van der Waals surface area contributed by atoms with Gasteiger partial charge in [0.25, 0.3) is 0 Å². The fourth-order valence-corrected chi connectivity index (χ4v) is 1.00. The average Bonchev–Trinajstić information content (AvgIpc) is 2.15. The van der Waals surface area contributed by atoms with Crippen LogP contribution in [0.1, 0.15) is 18.6 Å². The van der Waals surface area contributed by atoms with Crippen molar-refractivity contribution in [2.45, 2.75) is 13.0 Å². The summed E-state index contributed by atoms with van der Waals surface area (Å²) in [7, 11) is 0. The van der Waals surface area contributed by atoms with Crippen LogP contribution in [0, 0.1) is 0 Å². The Balaban J connectivity index is 2.48. The lowest BCUT2D eigenvalue weighted by Crippen LogP contribution is -2.06. The Labute approximate surface area is 72.8 Å². The predicted octanol–water partition coefficient (Wildman–Crippen LogP) is 1.76. The fraction of sp³-hybridized carbons (Fsp3) is 0.400. The molecule has 2 heteroatoms. The highest BCUT2D eigenvalue weighted by atomic mass is 16.5. The van der Waals surface area contributed by atoms with Crippen LogP contribution in [0.3, 0.4) is 0 Å². The molecule has 66 valence electrons. The first-order valence-corrected chi connectivity index (χ1v) is 4.15. The smallest absolute Gasteiger partial charge is 0.102 e. The Kier molecular flexibility index (Phi) is 3.77. The van der Waals surface area contributed by atoms with E-state index in [1.807, 2.05) is 37.3 Å². The van der Waals surface area contributed by atoms with Gasteiger partial charge in [0.2, 0.25) is 0 Å². The first-order valence-electron chi connectivity index (χ1n) is 4.15. The van der Waals surface area contributed by atoms with Gasteiger partial charge in [-0.1, -0.05) is 30.3 Å². The summed E-state index contributed by atoms with van der Waals surface area (Å²) in [5.74, 6) is 0. The zero-order chi connectivity index (χ0) is 8.81. The molecule has 12 heavy (non-hydrogen) atoms. The maximum Gasteiger partial charge on any atom is 0.102 e. The number of hydrogen-bond donors (Lipinski definition) is 1. The zero-order valence-corrected chi connectivity index (χ0v) is 7.23. The maximum atomic E-state index is 9.53. The molecule has 0 aliphatic rings. The average molecular weight is 166 g/mol. The van der Waals surface area contributed by atoms with Crippen molar-refractivity contribution >= 4 is 0 Å². The minimum absolute atomic E-state index is 0.376. The molecule has 0 unspecified atom stereocenters. The molecule has 1 rings (SSSR count). The van der Waals surface area contributed by atoms with Gasteiger partial charge in [-0.05, 0) is 12.5 Å². The maximum absolute atomic E-state index is 9.53. The van der Waals surface area contributed by atoms with E-state index in [0.29, 0.717) is 13.2 Å². The molecule has 0 aromatic heterocycles.